The number of aromatic nitrogens is 1. The Labute approximate surface area is 122 Å². The van der Waals surface area contributed by atoms with Crippen molar-refractivity contribution in [3.05, 3.63) is 23.4 Å². The zero-order valence-corrected chi connectivity index (χ0v) is 12.7. The second kappa shape index (κ2) is 6.10. The van der Waals surface area contributed by atoms with Gasteiger partial charge in [-0.15, -0.1) is 0 Å². The van der Waals surface area contributed by atoms with E-state index in [1.54, 1.807) is 0 Å². The van der Waals surface area contributed by atoms with E-state index in [9.17, 15) is 0 Å². The molecule has 2 fully saturated rings. The molecule has 1 aromatic rings. The average Bonchev–Trinajstić information content (AvgIpc) is 2.92. The van der Waals surface area contributed by atoms with Gasteiger partial charge in [-0.3, -0.25) is 4.90 Å². The summed E-state index contributed by atoms with van der Waals surface area (Å²) in [7, 11) is 0. The van der Waals surface area contributed by atoms with Crippen molar-refractivity contribution in [2.75, 3.05) is 37.6 Å². The van der Waals surface area contributed by atoms with E-state index in [2.05, 4.69) is 35.0 Å². The zero-order chi connectivity index (χ0) is 13.9. The monoisotopic (exact) mass is 274 g/mol. The van der Waals surface area contributed by atoms with Crippen LogP contribution in [0.4, 0.5) is 5.82 Å². The highest BCUT2D eigenvalue weighted by molar-refractivity contribution is 5.48. The van der Waals surface area contributed by atoms with E-state index in [1.807, 2.05) is 6.20 Å². The van der Waals surface area contributed by atoms with Crippen LogP contribution >= 0.6 is 0 Å². The minimum absolute atomic E-state index is 0.756. The molecule has 2 aliphatic rings. The van der Waals surface area contributed by atoms with Gasteiger partial charge in [0.1, 0.15) is 5.82 Å². The topological polar surface area (TPSA) is 31.4 Å². The lowest BCUT2D eigenvalue weighted by Crippen LogP contribution is -2.50. The number of hydrogen-bond acceptors (Lipinski definition) is 4. The van der Waals surface area contributed by atoms with Gasteiger partial charge in [-0.25, -0.2) is 4.98 Å². The first kappa shape index (κ1) is 13.8. The van der Waals surface area contributed by atoms with Crippen molar-refractivity contribution in [1.29, 1.82) is 0 Å². The first-order valence-electron chi connectivity index (χ1n) is 7.93. The van der Waals surface area contributed by atoms with Gasteiger partial charge in [0.05, 0.1) is 0 Å². The van der Waals surface area contributed by atoms with Crippen molar-refractivity contribution in [2.45, 2.75) is 39.3 Å². The third-order valence-electron chi connectivity index (χ3n) is 4.57. The maximum absolute atomic E-state index is 4.74. The van der Waals surface area contributed by atoms with Gasteiger partial charge < -0.3 is 10.2 Å². The number of anilines is 1. The van der Waals surface area contributed by atoms with Gasteiger partial charge in [0, 0.05) is 38.4 Å². The summed E-state index contributed by atoms with van der Waals surface area (Å²) in [5.41, 5.74) is 2.60. The number of fused-ring (bicyclic) bond motifs is 1. The highest BCUT2D eigenvalue weighted by Crippen LogP contribution is 2.26. The number of nitrogens with zero attached hydrogens (tertiary/aromatic N) is 3. The normalized spacial score (nSPS) is 23.1. The van der Waals surface area contributed by atoms with Gasteiger partial charge in [0.15, 0.2) is 0 Å². The van der Waals surface area contributed by atoms with Gasteiger partial charge in [0.25, 0.3) is 0 Å². The summed E-state index contributed by atoms with van der Waals surface area (Å²) in [4.78, 5) is 9.87. The van der Waals surface area contributed by atoms with Gasteiger partial charge in [-0.05, 0) is 50.0 Å². The average molecular weight is 274 g/mol. The number of hydrogen-bond donors (Lipinski definition) is 1. The van der Waals surface area contributed by atoms with E-state index in [0.29, 0.717) is 0 Å². The van der Waals surface area contributed by atoms with Gasteiger partial charge in [-0.1, -0.05) is 6.92 Å². The quantitative estimate of drug-likeness (QED) is 0.907. The van der Waals surface area contributed by atoms with Crippen LogP contribution < -0.4 is 10.2 Å². The minimum Gasteiger partial charge on any atom is -0.354 e. The Kier molecular flexibility index (Phi) is 4.22. The highest BCUT2D eigenvalue weighted by Gasteiger charge is 2.31. The summed E-state index contributed by atoms with van der Waals surface area (Å²) in [6.45, 7) is 11.0. The van der Waals surface area contributed by atoms with Crippen LogP contribution in [-0.4, -0.2) is 48.6 Å². The summed E-state index contributed by atoms with van der Waals surface area (Å²) < 4.78 is 0. The maximum atomic E-state index is 4.74. The molecule has 4 nitrogen and oxygen atoms in total. The lowest BCUT2D eigenvalue weighted by atomic mass is 10.1. The van der Waals surface area contributed by atoms with E-state index in [4.69, 9.17) is 4.98 Å². The first-order valence-corrected chi connectivity index (χ1v) is 7.93. The van der Waals surface area contributed by atoms with E-state index in [1.165, 1.54) is 42.9 Å². The van der Waals surface area contributed by atoms with Crippen molar-refractivity contribution in [3.8, 4) is 0 Å². The fourth-order valence-electron chi connectivity index (χ4n) is 3.51. The molecular formula is C16H26N4. The molecule has 110 valence electrons. The van der Waals surface area contributed by atoms with Crippen molar-refractivity contribution in [2.24, 2.45) is 0 Å². The molecule has 3 heterocycles. The van der Waals surface area contributed by atoms with E-state index in [0.717, 1.165) is 32.2 Å². The van der Waals surface area contributed by atoms with Crippen LogP contribution in [-0.2, 0) is 6.54 Å². The van der Waals surface area contributed by atoms with Crippen LogP contribution in [0.2, 0.25) is 0 Å². The van der Waals surface area contributed by atoms with Crippen LogP contribution in [0, 0.1) is 6.92 Å². The molecule has 0 bridgehead atoms. The molecular weight excluding hydrogens is 248 g/mol. The second-order valence-corrected chi connectivity index (χ2v) is 6.04. The molecule has 20 heavy (non-hydrogen) atoms. The Balaban J connectivity index is 1.70. The predicted molar refractivity (Wildman–Crippen MR) is 83.2 cm³/mol. The SMILES string of the molecule is CCNCc1cnc(N2CCN3CCCC3C2)c(C)c1. The second-order valence-electron chi connectivity index (χ2n) is 6.04. The summed E-state index contributed by atoms with van der Waals surface area (Å²) >= 11 is 0. The van der Waals surface area contributed by atoms with Crippen molar-refractivity contribution < 1.29 is 0 Å². The lowest BCUT2D eigenvalue weighted by molar-refractivity contribution is 0.230. The third-order valence-corrected chi connectivity index (χ3v) is 4.57. The molecule has 1 atom stereocenters. The Morgan fingerprint density at radius 1 is 1.35 bits per heavy atom. The smallest absolute Gasteiger partial charge is 0.131 e. The Hall–Kier alpha value is -1.13. The summed E-state index contributed by atoms with van der Waals surface area (Å²) in [6, 6.07) is 3.04. The molecule has 1 unspecified atom stereocenters. The molecule has 1 aromatic heterocycles. The summed E-state index contributed by atoms with van der Waals surface area (Å²) in [5, 5.41) is 3.36. The van der Waals surface area contributed by atoms with Crippen molar-refractivity contribution >= 4 is 5.82 Å². The van der Waals surface area contributed by atoms with Crippen LogP contribution in [0.1, 0.15) is 30.9 Å². The minimum atomic E-state index is 0.756. The molecule has 0 amide bonds. The van der Waals surface area contributed by atoms with Crippen LogP contribution in [0.5, 0.6) is 0 Å². The van der Waals surface area contributed by atoms with Crippen LogP contribution in [0.3, 0.4) is 0 Å². The fourth-order valence-corrected chi connectivity index (χ4v) is 3.51. The molecule has 2 aliphatic heterocycles. The van der Waals surface area contributed by atoms with Crippen molar-refractivity contribution in [1.82, 2.24) is 15.2 Å². The maximum Gasteiger partial charge on any atom is 0.131 e. The lowest BCUT2D eigenvalue weighted by Gasteiger charge is -2.38. The third kappa shape index (κ3) is 2.81. The molecule has 0 aromatic carbocycles. The first-order chi connectivity index (χ1) is 9.78. The number of rotatable bonds is 4. The molecule has 3 rings (SSSR count). The Morgan fingerprint density at radius 2 is 2.25 bits per heavy atom. The molecule has 1 N–H and O–H groups in total. The number of pyridine rings is 1. The van der Waals surface area contributed by atoms with E-state index < -0.39 is 0 Å². The molecule has 0 saturated carbocycles. The molecule has 0 aliphatic carbocycles. The highest BCUT2D eigenvalue weighted by atomic mass is 15.3. The number of piperazine rings is 1. The van der Waals surface area contributed by atoms with Crippen molar-refractivity contribution in [3.63, 3.8) is 0 Å². The number of aryl methyl sites for hydroxylation is 1. The Morgan fingerprint density at radius 3 is 3.05 bits per heavy atom. The molecule has 0 spiro atoms. The molecule has 2 saturated heterocycles. The van der Waals surface area contributed by atoms with E-state index >= 15 is 0 Å². The fraction of sp³-hybridized carbons (Fsp3) is 0.688. The van der Waals surface area contributed by atoms with Gasteiger partial charge >= 0.3 is 0 Å². The summed E-state index contributed by atoms with van der Waals surface area (Å²) in [6.07, 6.45) is 4.76. The van der Waals surface area contributed by atoms with Crippen LogP contribution in [0.15, 0.2) is 12.3 Å². The molecule has 4 heteroatoms. The largest absolute Gasteiger partial charge is 0.354 e. The van der Waals surface area contributed by atoms with Crippen LogP contribution in [0.25, 0.3) is 0 Å². The van der Waals surface area contributed by atoms with E-state index in [-0.39, 0.29) is 0 Å². The zero-order valence-electron chi connectivity index (χ0n) is 12.7. The summed E-state index contributed by atoms with van der Waals surface area (Å²) in [5.74, 6) is 1.19. The van der Waals surface area contributed by atoms with Gasteiger partial charge in [-0.2, -0.15) is 0 Å². The van der Waals surface area contributed by atoms with Gasteiger partial charge in [0.2, 0.25) is 0 Å². The predicted octanol–water partition coefficient (Wildman–Crippen LogP) is 1.78. The Bertz CT molecular complexity index is 460. The number of nitrogens with one attached hydrogen (secondary N) is 1. The molecule has 0 radical (unpaired) electrons. The standard InChI is InChI=1S/C16H26N4/c1-3-17-10-14-9-13(2)16(18-11-14)20-8-7-19-6-4-5-15(19)12-20/h9,11,15,17H,3-8,10,12H2,1-2H3.